The number of nitrogens with one attached hydrogen (secondary N) is 3. The number of methoxy groups -OCH3 is 1. The van der Waals surface area contributed by atoms with E-state index < -0.39 is 20.0 Å². The van der Waals surface area contributed by atoms with Gasteiger partial charge in [-0.3, -0.25) is 4.72 Å². The average Bonchev–Trinajstić information content (AvgIpc) is 2.52. The van der Waals surface area contributed by atoms with E-state index in [-0.39, 0.29) is 41.3 Å². The summed E-state index contributed by atoms with van der Waals surface area (Å²) in [4.78, 5) is -0.149. The van der Waals surface area contributed by atoms with Gasteiger partial charge in [0.2, 0.25) is 20.0 Å². The SMILES string of the molecule is CCN[C@H](C)CNS(=O)(=O)c1ccc(OC)cc1NS(=O)(=O)CC.Cl. The Morgan fingerprint density at radius 2 is 1.80 bits per heavy atom. The van der Waals surface area contributed by atoms with Gasteiger partial charge in [0.15, 0.2) is 0 Å². The Labute approximate surface area is 156 Å². The summed E-state index contributed by atoms with van der Waals surface area (Å²) in [7, 11) is -6.10. The molecule has 146 valence electrons. The quantitative estimate of drug-likeness (QED) is 0.528. The fraction of sp³-hybridized carbons (Fsp3) is 0.571. The largest absolute Gasteiger partial charge is 0.497 e. The average molecular weight is 416 g/mol. The predicted octanol–water partition coefficient (Wildman–Crippen LogP) is 1.15. The number of hydrogen-bond donors (Lipinski definition) is 3. The molecule has 1 atom stereocenters. The summed E-state index contributed by atoms with van der Waals surface area (Å²) < 4.78 is 58.5. The minimum Gasteiger partial charge on any atom is -0.497 e. The molecule has 0 aliphatic carbocycles. The summed E-state index contributed by atoms with van der Waals surface area (Å²) in [5.74, 6) is 0.179. The van der Waals surface area contributed by atoms with Crippen LogP contribution in [0.15, 0.2) is 23.1 Å². The first-order valence-corrected chi connectivity index (χ1v) is 10.7. The van der Waals surface area contributed by atoms with Crippen LogP contribution >= 0.6 is 12.4 Å². The topological polar surface area (TPSA) is 114 Å². The lowest BCUT2D eigenvalue weighted by molar-refractivity contribution is 0.414. The van der Waals surface area contributed by atoms with Crippen LogP contribution in [0.2, 0.25) is 0 Å². The lowest BCUT2D eigenvalue weighted by Crippen LogP contribution is -2.39. The highest BCUT2D eigenvalue weighted by atomic mass is 35.5. The number of benzene rings is 1. The molecule has 0 saturated heterocycles. The van der Waals surface area contributed by atoms with Crippen LogP contribution in [0, 0.1) is 0 Å². The van der Waals surface area contributed by atoms with E-state index in [9.17, 15) is 16.8 Å². The highest BCUT2D eigenvalue weighted by molar-refractivity contribution is 7.93. The number of hydrogen-bond acceptors (Lipinski definition) is 6. The van der Waals surface area contributed by atoms with E-state index in [1.807, 2.05) is 13.8 Å². The third-order valence-electron chi connectivity index (χ3n) is 3.25. The van der Waals surface area contributed by atoms with Gasteiger partial charge in [0.25, 0.3) is 0 Å². The van der Waals surface area contributed by atoms with Crippen LogP contribution in [-0.4, -0.2) is 48.8 Å². The molecule has 0 aliphatic rings. The van der Waals surface area contributed by atoms with E-state index in [0.29, 0.717) is 12.3 Å². The Bertz CT molecular complexity index is 754. The molecule has 0 aromatic heterocycles. The fourth-order valence-electron chi connectivity index (χ4n) is 1.92. The molecule has 0 bridgehead atoms. The van der Waals surface area contributed by atoms with Crippen molar-refractivity contribution in [1.82, 2.24) is 10.0 Å². The second-order valence-corrected chi connectivity index (χ2v) is 8.92. The first kappa shape index (κ1) is 23.9. The smallest absolute Gasteiger partial charge is 0.242 e. The lowest BCUT2D eigenvalue weighted by atomic mass is 10.3. The van der Waals surface area contributed by atoms with Gasteiger partial charge in [-0.1, -0.05) is 6.92 Å². The molecule has 1 aromatic carbocycles. The van der Waals surface area contributed by atoms with Crippen LogP contribution < -0.4 is 19.5 Å². The van der Waals surface area contributed by atoms with E-state index >= 15 is 0 Å². The number of rotatable bonds is 10. The first-order valence-electron chi connectivity index (χ1n) is 7.56. The second-order valence-electron chi connectivity index (χ2n) is 5.18. The van der Waals surface area contributed by atoms with Gasteiger partial charge in [0, 0.05) is 18.7 Å². The molecule has 8 nitrogen and oxygen atoms in total. The molecule has 0 radical (unpaired) electrons. The molecule has 0 fully saturated rings. The highest BCUT2D eigenvalue weighted by Crippen LogP contribution is 2.27. The summed E-state index contributed by atoms with van der Waals surface area (Å²) in [5, 5.41) is 3.09. The van der Waals surface area contributed by atoms with Crippen molar-refractivity contribution in [3.8, 4) is 5.75 Å². The van der Waals surface area contributed by atoms with Gasteiger partial charge in [0.05, 0.1) is 18.6 Å². The van der Waals surface area contributed by atoms with E-state index in [0.717, 1.165) is 0 Å². The number of sulfonamides is 2. The minimum absolute atomic E-state index is 0. The van der Waals surface area contributed by atoms with Crippen molar-refractivity contribution in [2.45, 2.75) is 31.7 Å². The zero-order chi connectivity index (χ0) is 18.4. The van der Waals surface area contributed by atoms with Gasteiger partial charge in [-0.25, -0.2) is 21.6 Å². The standard InChI is InChI=1S/C14H25N3O5S2.ClH/c1-5-15-11(3)10-16-24(20,21)14-8-7-12(22-4)9-13(14)17-23(18,19)6-2;/h7-9,11,15-17H,5-6,10H2,1-4H3;1H/t11-;/m1./s1. The molecule has 11 heteroatoms. The second kappa shape index (κ2) is 10.2. The molecule has 1 aromatic rings. The van der Waals surface area contributed by atoms with Crippen LogP contribution in [0.1, 0.15) is 20.8 Å². The molecule has 0 heterocycles. The minimum atomic E-state index is -3.88. The van der Waals surface area contributed by atoms with Crippen LogP contribution in [0.3, 0.4) is 0 Å². The Hall–Kier alpha value is -1.07. The van der Waals surface area contributed by atoms with Crippen molar-refractivity contribution in [2.75, 3.05) is 30.7 Å². The molecule has 0 saturated carbocycles. The van der Waals surface area contributed by atoms with Crippen molar-refractivity contribution >= 4 is 38.1 Å². The summed E-state index contributed by atoms with van der Waals surface area (Å²) in [6.07, 6.45) is 0. The van der Waals surface area contributed by atoms with E-state index in [2.05, 4.69) is 14.8 Å². The maximum absolute atomic E-state index is 12.5. The van der Waals surface area contributed by atoms with Crippen molar-refractivity contribution in [3.05, 3.63) is 18.2 Å². The van der Waals surface area contributed by atoms with Gasteiger partial charge < -0.3 is 10.1 Å². The maximum atomic E-state index is 12.5. The lowest BCUT2D eigenvalue weighted by Gasteiger charge is -2.16. The summed E-state index contributed by atoms with van der Waals surface area (Å²) in [6.45, 7) is 6.13. The third kappa shape index (κ3) is 7.37. The Balaban J connectivity index is 0.00000576. The summed E-state index contributed by atoms with van der Waals surface area (Å²) in [5.41, 5.74) is -0.0418. The summed E-state index contributed by atoms with van der Waals surface area (Å²) in [6, 6.07) is 4.06. The van der Waals surface area contributed by atoms with Crippen LogP contribution in [0.4, 0.5) is 5.69 Å². The molecule has 3 N–H and O–H groups in total. The summed E-state index contributed by atoms with van der Waals surface area (Å²) >= 11 is 0. The van der Waals surface area contributed by atoms with Gasteiger partial charge in [-0.2, -0.15) is 0 Å². The van der Waals surface area contributed by atoms with E-state index in [1.165, 1.54) is 32.2 Å². The van der Waals surface area contributed by atoms with E-state index in [1.54, 1.807) is 0 Å². The van der Waals surface area contributed by atoms with Crippen LogP contribution in [-0.2, 0) is 20.0 Å². The van der Waals surface area contributed by atoms with Crippen LogP contribution in [0.5, 0.6) is 5.75 Å². The number of ether oxygens (including phenoxy) is 1. The number of likely N-dealkylation sites (N-methyl/N-ethyl adjacent to an activating group) is 1. The van der Waals surface area contributed by atoms with Crippen molar-refractivity contribution < 1.29 is 21.6 Å². The van der Waals surface area contributed by atoms with Crippen molar-refractivity contribution in [1.29, 1.82) is 0 Å². The van der Waals surface area contributed by atoms with Crippen molar-refractivity contribution in [2.24, 2.45) is 0 Å². The zero-order valence-electron chi connectivity index (χ0n) is 14.7. The molecular weight excluding hydrogens is 390 g/mol. The Morgan fingerprint density at radius 1 is 1.16 bits per heavy atom. The van der Waals surface area contributed by atoms with Crippen LogP contribution in [0.25, 0.3) is 0 Å². The normalized spacial score (nSPS) is 13.0. The fourth-order valence-corrected chi connectivity index (χ4v) is 3.91. The molecule has 25 heavy (non-hydrogen) atoms. The number of anilines is 1. The third-order valence-corrected chi connectivity index (χ3v) is 6.03. The predicted molar refractivity (Wildman–Crippen MR) is 102 cm³/mol. The molecular formula is C14H26ClN3O5S2. The Morgan fingerprint density at radius 3 is 2.32 bits per heavy atom. The van der Waals surface area contributed by atoms with Gasteiger partial charge in [0.1, 0.15) is 10.6 Å². The molecule has 0 aliphatic heterocycles. The monoisotopic (exact) mass is 415 g/mol. The number of halogens is 1. The zero-order valence-corrected chi connectivity index (χ0v) is 17.1. The molecule has 0 amide bonds. The first-order chi connectivity index (χ1) is 11.1. The molecule has 0 unspecified atom stereocenters. The maximum Gasteiger partial charge on any atom is 0.242 e. The van der Waals surface area contributed by atoms with Gasteiger partial charge in [-0.05, 0) is 32.5 Å². The molecule has 1 rings (SSSR count). The van der Waals surface area contributed by atoms with Gasteiger partial charge in [-0.15, -0.1) is 12.4 Å². The van der Waals surface area contributed by atoms with E-state index in [4.69, 9.17) is 4.74 Å². The highest BCUT2D eigenvalue weighted by Gasteiger charge is 2.22. The van der Waals surface area contributed by atoms with Crippen molar-refractivity contribution in [3.63, 3.8) is 0 Å². The van der Waals surface area contributed by atoms with Gasteiger partial charge >= 0.3 is 0 Å². The Kier molecular flexibility index (Phi) is 9.73. The molecule has 0 spiro atoms.